The van der Waals surface area contributed by atoms with Gasteiger partial charge in [-0.15, -0.1) is 0 Å². The van der Waals surface area contributed by atoms with Gasteiger partial charge in [-0.3, -0.25) is 4.79 Å². The lowest BCUT2D eigenvalue weighted by Crippen LogP contribution is -2.28. The number of rotatable bonds is 6. The molecule has 0 unspecified atom stereocenters. The molecule has 0 saturated heterocycles. The first-order valence-electron chi connectivity index (χ1n) is 7.94. The van der Waals surface area contributed by atoms with Gasteiger partial charge in [0, 0.05) is 18.4 Å². The predicted molar refractivity (Wildman–Crippen MR) is 93.0 cm³/mol. The van der Waals surface area contributed by atoms with Crippen molar-refractivity contribution in [2.45, 2.75) is 33.6 Å². The summed E-state index contributed by atoms with van der Waals surface area (Å²) in [5.41, 5.74) is 2.51. The molecule has 0 bridgehead atoms. The molecule has 2 rings (SSSR count). The summed E-state index contributed by atoms with van der Waals surface area (Å²) in [4.78, 5) is 20.6. The maximum absolute atomic E-state index is 12.1. The molecule has 0 saturated carbocycles. The van der Waals surface area contributed by atoms with E-state index in [1.165, 1.54) is 5.56 Å². The summed E-state index contributed by atoms with van der Waals surface area (Å²) in [7, 11) is 0. The summed E-state index contributed by atoms with van der Waals surface area (Å²) in [5.74, 6) is 1.03. The van der Waals surface area contributed by atoms with Crippen LogP contribution in [0, 0.1) is 5.92 Å². The van der Waals surface area contributed by atoms with E-state index < -0.39 is 0 Å². The number of carbonyl (C=O) groups is 1. The van der Waals surface area contributed by atoms with E-state index in [9.17, 15) is 4.79 Å². The van der Waals surface area contributed by atoms with Gasteiger partial charge in [0.25, 0.3) is 5.91 Å². The molecular formula is C18H24N4O. The Labute approximate surface area is 137 Å². The summed E-state index contributed by atoms with van der Waals surface area (Å²) in [5, 5.41) is 6.07. The summed E-state index contributed by atoms with van der Waals surface area (Å²) in [6.45, 7) is 9.00. The van der Waals surface area contributed by atoms with Gasteiger partial charge >= 0.3 is 0 Å². The normalized spacial score (nSPS) is 10.9. The Balaban J connectivity index is 2.16. The van der Waals surface area contributed by atoms with Crippen molar-refractivity contribution < 1.29 is 4.79 Å². The molecule has 5 nitrogen and oxygen atoms in total. The number of amides is 1. The molecule has 1 heterocycles. The zero-order valence-electron chi connectivity index (χ0n) is 14.1. The van der Waals surface area contributed by atoms with Crippen LogP contribution in [0.5, 0.6) is 0 Å². The molecule has 0 atom stereocenters. The molecule has 0 aliphatic heterocycles. The first-order valence-corrected chi connectivity index (χ1v) is 7.94. The van der Waals surface area contributed by atoms with Crippen LogP contribution in [0.15, 0.2) is 36.5 Å². The van der Waals surface area contributed by atoms with Gasteiger partial charge in [0.05, 0.1) is 0 Å². The smallest absolute Gasteiger partial charge is 0.270 e. The van der Waals surface area contributed by atoms with Gasteiger partial charge in [0.1, 0.15) is 5.69 Å². The number of hydrogen-bond acceptors (Lipinski definition) is 4. The maximum Gasteiger partial charge on any atom is 0.270 e. The number of para-hydroxylation sites is 1. The molecule has 1 aromatic heterocycles. The molecule has 23 heavy (non-hydrogen) atoms. The summed E-state index contributed by atoms with van der Waals surface area (Å²) in [6, 6.07) is 9.66. The molecule has 2 aromatic rings. The van der Waals surface area contributed by atoms with E-state index in [1.807, 2.05) is 18.2 Å². The summed E-state index contributed by atoms with van der Waals surface area (Å²) in [6.07, 6.45) is 1.59. The molecule has 1 aromatic carbocycles. The highest BCUT2D eigenvalue weighted by molar-refractivity contribution is 5.92. The van der Waals surface area contributed by atoms with Crippen molar-refractivity contribution in [3.8, 4) is 0 Å². The molecule has 0 aliphatic carbocycles. The van der Waals surface area contributed by atoms with Crippen molar-refractivity contribution in [2.24, 2.45) is 5.92 Å². The topological polar surface area (TPSA) is 66.9 Å². The number of benzene rings is 1. The summed E-state index contributed by atoms with van der Waals surface area (Å²) >= 11 is 0. The lowest BCUT2D eigenvalue weighted by molar-refractivity contribution is 0.0944. The van der Waals surface area contributed by atoms with Crippen molar-refractivity contribution in [2.75, 3.05) is 11.9 Å². The van der Waals surface area contributed by atoms with Crippen molar-refractivity contribution in [3.63, 3.8) is 0 Å². The number of nitrogens with zero attached hydrogens (tertiary/aromatic N) is 2. The van der Waals surface area contributed by atoms with Crippen LogP contribution in [0.4, 0.5) is 11.6 Å². The lowest BCUT2D eigenvalue weighted by atomic mass is 10.0. The summed E-state index contributed by atoms with van der Waals surface area (Å²) < 4.78 is 0. The van der Waals surface area contributed by atoms with Crippen LogP contribution in [0.1, 0.15) is 49.7 Å². The van der Waals surface area contributed by atoms with Gasteiger partial charge < -0.3 is 10.6 Å². The van der Waals surface area contributed by atoms with E-state index in [4.69, 9.17) is 0 Å². The Morgan fingerprint density at radius 3 is 2.57 bits per heavy atom. The van der Waals surface area contributed by atoms with Gasteiger partial charge in [0.2, 0.25) is 5.95 Å². The molecule has 0 fully saturated rings. The van der Waals surface area contributed by atoms with Crippen LogP contribution >= 0.6 is 0 Å². The quantitative estimate of drug-likeness (QED) is 0.853. The average Bonchev–Trinajstić information content (AvgIpc) is 2.53. The Morgan fingerprint density at radius 2 is 1.87 bits per heavy atom. The third kappa shape index (κ3) is 4.77. The van der Waals surface area contributed by atoms with Crippen LogP contribution in [0.25, 0.3) is 0 Å². The van der Waals surface area contributed by atoms with Gasteiger partial charge in [-0.05, 0) is 29.5 Å². The molecule has 1 amide bonds. The first-order chi connectivity index (χ1) is 11.0. The van der Waals surface area contributed by atoms with E-state index in [0.717, 1.165) is 5.69 Å². The minimum Gasteiger partial charge on any atom is -0.350 e. The predicted octanol–water partition coefficient (Wildman–Crippen LogP) is 3.73. The van der Waals surface area contributed by atoms with Crippen LogP contribution in [-0.2, 0) is 0 Å². The van der Waals surface area contributed by atoms with Crippen molar-refractivity contribution in [1.82, 2.24) is 15.3 Å². The fourth-order valence-electron chi connectivity index (χ4n) is 2.17. The number of hydrogen-bond donors (Lipinski definition) is 2. The Hall–Kier alpha value is -2.43. The molecule has 0 radical (unpaired) electrons. The third-order valence-electron chi connectivity index (χ3n) is 3.39. The highest BCUT2D eigenvalue weighted by atomic mass is 16.1. The molecule has 2 N–H and O–H groups in total. The van der Waals surface area contributed by atoms with E-state index in [-0.39, 0.29) is 5.91 Å². The SMILES string of the molecule is CC(C)CNC(=O)c1ccnc(Nc2ccccc2C(C)C)n1. The second-order valence-electron chi connectivity index (χ2n) is 6.24. The van der Waals surface area contributed by atoms with Crippen LogP contribution in [-0.4, -0.2) is 22.4 Å². The van der Waals surface area contributed by atoms with Crippen LogP contribution in [0.3, 0.4) is 0 Å². The van der Waals surface area contributed by atoms with Crippen LogP contribution in [0.2, 0.25) is 0 Å². The Kier molecular flexibility index (Phi) is 5.68. The van der Waals surface area contributed by atoms with Gasteiger partial charge in [-0.25, -0.2) is 9.97 Å². The molecule has 0 aliphatic rings. The monoisotopic (exact) mass is 312 g/mol. The van der Waals surface area contributed by atoms with Crippen molar-refractivity contribution >= 4 is 17.5 Å². The molecule has 0 spiro atoms. The number of carbonyl (C=O) groups excluding carboxylic acids is 1. The lowest BCUT2D eigenvalue weighted by Gasteiger charge is -2.14. The van der Waals surface area contributed by atoms with Gasteiger partial charge in [-0.2, -0.15) is 0 Å². The number of aromatic nitrogens is 2. The van der Waals surface area contributed by atoms with Gasteiger partial charge in [0.15, 0.2) is 0 Å². The second kappa shape index (κ2) is 7.72. The number of nitrogens with one attached hydrogen (secondary N) is 2. The fourth-order valence-corrected chi connectivity index (χ4v) is 2.17. The standard InChI is InChI=1S/C18H24N4O/c1-12(2)11-20-17(23)16-9-10-19-18(22-16)21-15-8-6-5-7-14(15)13(3)4/h5-10,12-13H,11H2,1-4H3,(H,20,23)(H,19,21,22). The van der Waals surface area contributed by atoms with E-state index >= 15 is 0 Å². The number of anilines is 2. The van der Waals surface area contributed by atoms with Crippen molar-refractivity contribution in [1.29, 1.82) is 0 Å². The minimum atomic E-state index is -0.179. The zero-order chi connectivity index (χ0) is 16.8. The van der Waals surface area contributed by atoms with Crippen molar-refractivity contribution in [3.05, 3.63) is 47.8 Å². The minimum absolute atomic E-state index is 0.179. The highest BCUT2D eigenvalue weighted by Crippen LogP contribution is 2.25. The Morgan fingerprint density at radius 1 is 1.13 bits per heavy atom. The molecule has 5 heteroatoms. The largest absolute Gasteiger partial charge is 0.350 e. The average molecular weight is 312 g/mol. The van der Waals surface area contributed by atoms with E-state index in [2.05, 4.69) is 54.4 Å². The molecular weight excluding hydrogens is 288 g/mol. The van der Waals surface area contributed by atoms with E-state index in [1.54, 1.807) is 12.3 Å². The second-order valence-corrected chi connectivity index (χ2v) is 6.24. The van der Waals surface area contributed by atoms with E-state index in [0.29, 0.717) is 30.0 Å². The Bertz CT molecular complexity index is 668. The molecule has 122 valence electrons. The maximum atomic E-state index is 12.1. The fraction of sp³-hybridized carbons (Fsp3) is 0.389. The van der Waals surface area contributed by atoms with Gasteiger partial charge in [-0.1, -0.05) is 45.9 Å². The van der Waals surface area contributed by atoms with Crippen LogP contribution < -0.4 is 10.6 Å². The highest BCUT2D eigenvalue weighted by Gasteiger charge is 2.11. The first kappa shape index (κ1) is 16.9. The third-order valence-corrected chi connectivity index (χ3v) is 3.39. The zero-order valence-corrected chi connectivity index (χ0v) is 14.1.